The van der Waals surface area contributed by atoms with Gasteiger partial charge in [-0.25, -0.2) is 12.7 Å². The molecule has 0 heterocycles. The lowest BCUT2D eigenvalue weighted by molar-refractivity contribution is -0.118. The van der Waals surface area contributed by atoms with Gasteiger partial charge in [-0.05, 0) is 30.3 Å². The number of anilines is 1. The fourth-order valence-corrected chi connectivity index (χ4v) is 3.44. The number of nitrogens with zero attached hydrogens (tertiary/aromatic N) is 1. The van der Waals surface area contributed by atoms with Gasteiger partial charge in [0.05, 0.1) is 29.8 Å². The van der Waals surface area contributed by atoms with Crippen molar-refractivity contribution < 1.29 is 27.4 Å². The zero-order valence-electron chi connectivity index (χ0n) is 15.9. The molecule has 1 N–H and O–H groups in total. The first-order chi connectivity index (χ1) is 13.2. The number of carbonyl (C=O) groups is 1. The Hall–Kier alpha value is -2.49. The van der Waals surface area contributed by atoms with Crippen molar-refractivity contribution in [2.75, 3.05) is 40.2 Å². The fourth-order valence-electron chi connectivity index (χ4n) is 2.21. The maximum atomic E-state index is 12.2. The van der Waals surface area contributed by atoms with E-state index in [0.29, 0.717) is 17.2 Å². The number of methoxy groups -OCH3 is 2. The molecule has 152 valence electrons. The molecule has 0 saturated heterocycles. The number of sulfonamides is 1. The minimum Gasteiger partial charge on any atom is -0.497 e. The van der Waals surface area contributed by atoms with Crippen LogP contribution in [0.25, 0.3) is 0 Å². The van der Waals surface area contributed by atoms with Crippen LogP contribution >= 0.6 is 11.6 Å². The SMILES string of the molecule is COc1ccc(OC)c(NC(=O)COc2ccc(S(=O)(=O)N(C)C)cc2Cl)c1. The lowest BCUT2D eigenvalue weighted by Gasteiger charge is -2.14. The molecule has 0 unspecified atom stereocenters. The van der Waals surface area contributed by atoms with Crippen molar-refractivity contribution in [3.05, 3.63) is 41.4 Å². The maximum Gasteiger partial charge on any atom is 0.262 e. The largest absolute Gasteiger partial charge is 0.497 e. The first-order valence-electron chi connectivity index (χ1n) is 8.05. The van der Waals surface area contributed by atoms with Crippen molar-refractivity contribution in [1.29, 1.82) is 0 Å². The third kappa shape index (κ3) is 5.06. The average Bonchev–Trinajstić information content (AvgIpc) is 2.66. The Morgan fingerprint density at radius 3 is 2.32 bits per heavy atom. The molecule has 1 amide bonds. The van der Waals surface area contributed by atoms with E-state index in [2.05, 4.69) is 5.32 Å². The summed E-state index contributed by atoms with van der Waals surface area (Å²) in [5.41, 5.74) is 0.425. The van der Waals surface area contributed by atoms with Crippen molar-refractivity contribution in [2.24, 2.45) is 0 Å². The highest BCUT2D eigenvalue weighted by Crippen LogP contribution is 2.30. The number of rotatable bonds is 8. The van der Waals surface area contributed by atoms with Crippen molar-refractivity contribution >= 4 is 33.2 Å². The second kappa shape index (κ2) is 9.13. The Morgan fingerprint density at radius 1 is 1.07 bits per heavy atom. The van der Waals surface area contributed by atoms with Crippen LogP contribution in [0.5, 0.6) is 17.2 Å². The van der Waals surface area contributed by atoms with Gasteiger partial charge in [0.25, 0.3) is 5.91 Å². The van der Waals surface area contributed by atoms with Gasteiger partial charge in [-0.1, -0.05) is 11.6 Å². The number of hydrogen-bond donors (Lipinski definition) is 1. The number of hydrogen-bond acceptors (Lipinski definition) is 6. The summed E-state index contributed by atoms with van der Waals surface area (Å²) < 4.78 is 41.0. The van der Waals surface area contributed by atoms with Crippen molar-refractivity contribution in [2.45, 2.75) is 4.90 Å². The van der Waals surface area contributed by atoms with E-state index >= 15 is 0 Å². The zero-order chi connectivity index (χ0) is 20.9. The minimum absolute atomic E-state index is 0.0282. The molecule has 0 atom stereocenters. The second-order valence-electron chi connectivity index (χ2n) is 5.78. The summed E-state index contributed by atoms with van der Waals surface area (Å²) in [4.78, 5) is 12.2. The summed E-state index contributed by atoms with van der Waals surface area (Å²) in [5, 5.41) is 2.74. The molecule has 0 saturated carbocycles. The highest BCUT2D eigenvalue weighted by molar-refractivity contribution is 7.89. The van der Waals surface area contributed by atoms with E-state index in [-0.39, 0.29) is 22.3 Å². The Balaban J connectivity index is 2.07. The maximum absolute atomic E-state index is 12.2. The summed E-state index contributed by atoms with van der Waals surface area (Å²) >= 11 is 6.09. The molecule has 2 rings (SSSR count). The molecular weight excluding hydrogens is 408 g/mol. The summed E-state index contributed by atoms with van der Waals surface area (Å²) in [5.74, 6) is 0.753. The normalized spacial score (nSPS) is 11.2. The highest BCUT2D eigenvalue weighted by atomic mass is 35.5. The van der Waals surface area contributed by atoms with Gasteiger partial charge in [-0.15, -0.1) is 0 Å². The summed E-state index contributed by atoms with van der Waals surface area (Å²) in [7, 11) is 2.22. The van der Waals surface area contributed by atoms with Crippen LogP contribution in [0.4, 0.5) is 5.69 Å². The molecule has 0 fully saturated rings. The van der Waals surface area contributed by atoms with Crippen molar-refractivity contribution in [1.82, 2.24) is 4.31 Å². The molecule has 0 radical (unpaired) electrons. The Bertz CT molecular complexity index is 963. The first kappa shape index (κ1) is 21.8. The van der Waals surface area contributed by atoms with Crippen LogP contribution in [0, 0.1) is 0 Å². The van der Waals surface area contributed by atoms with Crippen LogP contribution in [0.3, 0.4) is 0 Å². The van der Waals surface area contributed by atoms with E-state index in [0.717, 1.165) is 4.31 Å². The average molecular weight is 429 g/mol. The monoisotopic (exact) mass is 428 g/mol. The van der Waals surface area contributed by atoms with E-state index in [1.54, 1.807) is 18.2 Å². The molecule has 2 aromatic carbocycles. The van der Waals surface area contributed by atoms with Gasteiger partial charge < -0.3 is 19.5 Å². The summed E-state index contributed by atoms with van der Waals surface area (Å²) in [6.45, 7) is -0.333. The number of amides is 1. The van der Waals surface area contributed by atoms with Gasteiger partial charge in [0.2, 0.25) is 10.0 Å². The predicted octanol–water partition coefficient (Wildman–Crippen LogP) is 2.63. The molecule has 28 heavy (non-hydrogen) atoms. The quantitative estimate of drug-likeness (QED) is 0.694. The molecule has 8 nitrogen and oxygen atoms in total. The highest BCUT2D eigenvalue weighted by Gasteiger charge is 2.19. The molecule has 0 bridgehead atoms. The molecule has 0 aliphatic carbocycles. The van der Waals surface area contributed by atoms with E-state index in [1.165, 1.54) is 46.5 Å². The molecule has 0 aliphatic heterocycles. The smallest absolute Gasteiger partial charge is 0.262 e. The fraction of sp³-hybridized carbons (Fsp3) is 0.278. The number of benzene rings is 2. The number of nitrogens with one attached hydrogen (secondary N) is 1. The molecular formula is C18H21ClN2O6S. The van der Waals surface area contributed by atoms with Crippen LogP contribution in [-0.4, -0.2) is 53.6 Å². The topological polar surface area (TPSA) is 94.2 Å². The van der Waals surface area contributed by atoms with Gasteiger partial charge in [0, 0.05) is 20.2 Å². The van der Waals surface area contributed by atoms with E-state index in [9.17, 15) is 13.2 Å². The third-order valence-corrected chi connectivity index (χ3v) is 5.83. The zero-order valence-corrected chi connectivity index (χ0v) is 17.4. The first-order valence-corrected chi connectivity index (χ1v) is 9.87. The molecule has 0 aliphatic rings. The van der Waals surface area contributed by atoms with Crippen LogP contribution in [0.15, 0.2) is 41.3 Å². The van der Waals surface area contributed by atoms with Gasteiger partial charge >= 0.3 is 0 Å². The second-order valence-corrected chi connectivity index (χ2v) is 8.34. The van der Waals surface area contributed by atoms with E-state index in [1.807, 2.05) is 0 Å². The molecule has 2 aromatic rings. The Morgan fingerprint density at radius 2 is 1.75 bits per heavy atom. The van der Waals surface area contributed by atoms with Gasteiger partial charge in [-0.3, -0.25) is 4.79 Å². The van der Waals surface area contributed by atoms with E-state index in [4.69, 9.17) is 25.8 Å². The summed E-state index contributed by atoms with van der Waals surface area (Å²) in [6.07, 6.45) is 0. The lowest BCUT2D eigenvalue weighted by Crippen LogP contribution is -2.22. The van der Waals surface area contributed by atoms with Crippen LogP contribution in [-0.2, 0) is 14.8 Å². The third-order valence-electron chi connectivity index (χ3n) is 3.72. The van der Waals surface area contributed by atoms with E-state index < -0.39 is 15.9 Å². The lowest BCUT2D eigenvalue weighted by atomic mass is 10.2. The standard InChI is InChI=1S/C18H21ClN2O6S/c1-21(2)28(23,24)13-6-8-16(14(19)10-13)27-11-18(22)20-15-9-12(25-3)5-7-17(15)26-4/h5-10H,11H2,1-4H3,(H,20,22). The van der Waals surface area contributed by atoms with Crippen LogP contribution in [0.2, 0.25) is 5.02 Å². The number of halogens is 1. The Labute approximate surface area is 169 Å². The van der Waals surface area contributed by atoms with Gasteiger partial charge in [0.1, 0.15) is 17.2 Å². The molecule has 0 spiro atoms. The predicted molar refractivity (Wildman–Crippen MR) is 106 cm³/mol. The van der Waals surface area contributed by atoms with Gasteiger partial charge in [0.15, 0.2) is 6.61 Å². The van der Waals surface area contributed by atoms with Crippen molar-refractivity contribution in [3.63, 3.8) is 0 Å². The number of carbonyl (C=O) groups excluding carboxylic acids is 1. The molecule has 0 aromatic heterocycles. The van der Waals surface area contributed by atoms with Gasteiger partial charge in [-0.2, -0.15) is 0 Å². The van der Waals surface area contributed by atoms with Crippen molar-refractivity contribution in [3.8, 4) is 17.2 Å². The van der Waals surface area contributed by atoms with Crippen LogP contribution in [0.1, 0.15) is 0 Å². The van der Waals surface area contributed by atoms with Crippen LogP contribution < -0.4 is 19.5 Å². The molecule has 10 heteroatoms. The number of ether oxygens (including phenoxy) is 3. The minimum atomic E-state index is -3.61. The Kier molecular flexibility index (Phi) is 7.11. The summed E-state index contributed by atoms with van der Waals surface area (Å²) in [6, 6.07) is 9.02.